The minimum Gasteiger partial charge on any atom is -0.491 e. The maximum absolute atomic E-state index is 12.5. The Bertz CT molecular complexity index is 491. The lowest BCUT2D eigenvalue weighted by atomic mass is 10.1. The van der Waals surface area contributed by atoms with Gasteiger partial charge in [0.05, 0.1) is 6.10 Å². The van der Waals surface area contributed by atoms with Gasteiger partial charge in [0.15, 0.2) is 0 Å². The fourth-order valence-corrected chi connectivity index (χ4v) is 2.89. The molecule has 1 fully saturated rings. The molecule has 0 spiro atoms. The van der Waals surface area contributed by atoms with E-state index in [9.17, 15) is 4.79 Å². The van der Waals surface area contributed by atoms with E-state index >= 15 is 0 Å². The third-order valence-electron chi connectivity index (χ3n) is 3.40. The number of ether oxygens (including phenoxy) is 1. The quantitative estimate of drug-likeness (QED) is 0.916. The van der Waals surface area contributed by atoms with Crippen LogP contribution in [0.1, 0.15) is 30.6 Å². The number of halogens is 1. The van der Waals surface area contributed by atoms with E-state index in [1.165, 1.54) is 0 Å². The Labute approximate surface area is 128 Å². The molecule has 1 heterocycles. The van der Waals surface area contributed by atoms with Crippen LogP contribution in [0.4, 0.5) is 0 Å². The summed E-state index contributed by atoms with van der Waals surface area (Å²) in [5.74, 6) is 1.20. The first-order valence-electron chi connectivity index (χ1n) is 6.96. The molecule has 0 saturated carbocycles. The van der Waals surface area contributed by atoms with Crippen LogP contribution in [0.25, 0.3) is 0 Å². The van der Waals surface area contributed by atoms with Crippen molar-refractivity contribution in [2.24, 2.45) is 11.7 Å². The van der Waals surface area contributed by atoms with Crippen molar-refractivity contribution in [2.45, 2.75) is 26.4 Å². The standard InChI is InChI=1S/C15H21BrN2O2/c1-10(2)20-14-6-12(5-13(16)7-14)15(19)18-4-3-11(8-17)9-18/h5-7,10-11H,3-4,8-9,17H2,1-2H3. The van der Waals surface area contributed by atoms with Gasteiger partial charge in [-0.05, 0) is 50.9 Å². The third-order valence-corrected chi connectivity index (χ3v) is 3.85. The molecule has 0 bridgehead atoms. The second-order valence-electron chi connectivity index (χ2n) is 5.48. The number of nitrogens with two attached hydrogens (primary N) is 1. The van der Waals surface area contributed by atoms with Crippen LogP contribution in [0.2, 0.25) is 0 Å². The first kappa shape index (κ1) is 15.3. The van der Waals surface area contributed by atoms with Gasteiger partial charge in [0.1, 0.15) is 5.75 Å². The number of nitrogens with zero attached hydrogens (tertiary/aromatic N) is 1. The maximum Gasteiger partial charge on any atom is 0.254 e. The lowest BCUT2D eigenvalue weighted by Crippen LogP contribution is -2.29. The van der Waals surface area contributed by atoms with Crippen LogP contribution in [0.15, 0.2) is 22.7 Å². The number of carbonyl (C=O) groups excluding carboxylic acids is 1. The normalized spacial score (nSPS) is 18.6. The molecule has 1 aromatic carbocycles. The van der Waals surface area contributed by atoms with Gasteiger partial charge >= 0.3 is 0 Å². The van der Waals surface area contributed by atoms with Gasteiger partial charge in [-0.1, -0.05) is 15.9 Å². The van der Waals surface area contributed by atoms with Crippen LogP contribution >= 0.6 is 15.9 Å². The predicted molar refractivity (Wildman–Crippen MR) is 83.0 cm³/mol. The van der Waals surface area contributed by atoms with Crippen molar-refractivity contribution in [1.82, 2.24) is 4.90 Å². The third kappa shape index (κ3) is 3.73. The molecule has 1 amide bonds. The van der Waals surface area contributed by atoms with Gasteiger partial charge in [-0.25, -0.2) is 0 Å². The Morgan fingerprint density at radius 3 is 2.85 bits per heavy atom. The molecule has 2 rings (SSSR count). The molecule has 20 heavy (non-hydrogen) atoms. The Morgan fingerprint density at radius 2 is 2.25 bits per heavy atom. The van der Waals surface area contributed by atoms with Crippen LogP contribution < -0.4 is 10.5 Å². The summed E-state index contributed by atoms with van der Waals surface area (Å²) in [6.45, 7) is 6.11. The molecule has 0 aliphatic carbocycles. The van der Waals surface area contributed by atoms with Crippen molar-refractivity contribution >= 4 is 21.8 Å². The molecule has 5 heteroatoms. The van der Waals surface area contributed by atoms with Gasteiger partial charge in [-0.3, -0.25) is 4.79 Å². The topological polar surface area (TPSA) is 55.6 Å². The zero-order valence-electron chi connectivity index (χ0n) is 11.9. The highest BCUT2D eigenvalue weighted by atomic mass is 79.9. The summed E-state index contributed by atoms with van der Waals surface area (Å²) in [5.41, 5.74) is 6.33. The fourth-order valence-electron chi connectivity index (χ4n) is 2.42. The van der Waals surface area contributed by atoms with Crippen LogP contribution in [0, 0.1) is 5.92 Å². The highest BCUT2D eigenvalue weighted by molar-refractivity contribution is 9.10. The van der Waals surface area contributed by atoms with E-state index in [0.717, 1.165) is 24.0 Å². The monoisotopic (exact) mass is 340 g/mol. The maximum atomic E-state index is 12.5. The summed E-state index contributed by atoms with van der Waals surface area (Å²) >= 11 is 3.43. The van der Waals surface area contributed by atoms with Crippen molar-refractivity contribution < 1.29 is 9.53 Å². The highest BCUT2D eigenvalue weighted by Gasteiger charge is 2.26. The second kappa shape index (κ2) is 6.59. The molecular formula is C15H21BrN2O2. The number of benzene rings is 1. The van der Waals surface area contributed by atoms with Gasteiger partial charge in [-0.2, -0.15) is 0 Å². The molecule has 4 nitrogen and oxygen atoms in total. The fraction of sp³-hybridized carbons (Fsp3) is 0.533. The number of rotatable bonds is 4. The number of likely N-dealkylation sites (tertiary alicyclic amines) is 1. The van der Waals surface area contributed by atoms with Crippen molar-refractivity contribution in [3.63, 3.8) is 0 Å². The van der Waals surface area contributed by atoms with Gasteiger partial charge in [0.25, 0.3) is 5.91 Å². The SMILES string of the molecule is CC(C)Oc1cc(Br)cc(C(=O)N2CCC(CN)C2)c1. The van der Waals surface area contributed by atoms with Gasteiger partial charge in [0.2, 0.25) is 0 Å². The molecule has 110 valence electrons. The predicted octanol–water partition coefficient (Wildman–Crippen LogP) is 2.66. The average Bonchev–Trinajstić information content (AvgIpc) is 2.85. The molecule has 1 unspecified atom stereocenters. The van der Waals surface area contributed by atoms with Crippen molar-refractivity contribution in [3.8, 4) is 5.75 Å². The smallest absolute Gasteiger partial charge is 0.254 e. The summed E-state index contributed by atoms with van der Waals surface area (Å²) in [7, 11) is 0. The number of carbonyl (C=O) groups is 1. The first-order chi connectivity index (χ1) is 9.49. The molecule has 1 aliphatic heterocycles. The zero-order valence-corrected chi connectivity index (χ0v) is 13.5. The van der Waals surface area contributed by atoms with Crippen molar-refractivity contribution in [2.75, 3.05) is 19.6 Å². The number of amides is 1. The lowest BCUT2D eigenvalue weighted by Gasteiger charge is -2.18. The summed E-state index contributed by atoms with van der Waals surface area (Å²) in [6, 6.07) is 5.53. The molecule has 2 N–H and O–H groups in total. The summed E-state index contributed by atoms with van der Waals surface area (Å²) in [6.07, 6.45) is 1.08. The summed E-state index contributed by atoms with van der Waals surface area (Å²) < 4.78 is 6.53. The van der Waals surface area contributed by atoms with Crippen molar-refractivity contribution in [3.05, 3.63) is 28.2 Å². The number of hydrogen-bond donors (Lipinski definition) is 1. The minimum absolute atomic E-state index is 0.0517. The molecule has 1 aliphatic rings. The van der Waals surface area contributed by atoms with E-state index in [1.54, 1.807) is 0 Å². The average molecular weight is 341 g/mol. The van der Waals surface area contributed by atoms with Gasteiger partial charge in [-0.15, -0.1) is 0 Å². The van der Waals surface area contributed by atoms with E-state index in [-0.39, 0.29) is 12.0 Å². The number of hydrogen-bond acceptors (Lipinski definition) is 3. The molecule has 0 aromatic heterocycles. The van der Waals surface area contributed by atoms with Crippen LogP contribution in [0.5, 0.6) is 5.75 Å². The lowest BCUT2D eigenvalue weighted by molar-refractivity contribution is 0.0787. The molecule has 1 saturated heterocycles. The molecule has 1 aromatic rings. The van der Waals surface area contributed by atoms with E-state index in [0.29, 0.717) is 23.8 Å². The molecule has 1 atom stereocenters. The Hall–Kier alpha value is -1.07. The largest absolute Gasteiger partial charge is 0.491 e. The first-order valence-corrected chi connectivity index (χ1v) is 7.75. The van der Waals surface area contributed by atoms with E-state index in [2.05, 4.69) is 15.9 Å². The van der Waals surface area contributed by atoms with Crippen LogP contribution in [-0.4, -0.2) is 36.5 Å². The van der Waals surface area contributed by atoms with E-state index in [4.69, 9.17) is 10.5 Å². The Kier molecular flexibility index (Phi) is 5.05. The van der Waals surface area contributed by atoms with E-state index < -0.39 is 0 Å². The second-order valence-corrected chi connectivity index (χ2v) is 6.40. The Morgan fingerprint density at radius 1 is 1.50 bits per heavy atom. The molecular weight excluding hydrogens is 320 g/mol. The van der Waals surface area contributed by atoms with Crippen LogP contribution in [0.3, 0.4) is 0 Å². The highest BCUT2D eigenvalue weighted by Crippen LogP contribution is 2.25. The summed E-state index contributed by atoms with van der Waals surface area (Å²) in [5, 5.41) is 0. The Balaban J connectivity index is 2.15. The summed E-state index contributed by atoms with van der Waals surface area (Å²) in [4.78, 5) is 14.4. The van der Waals surface area contributed by atoms with Crippen LogP contribution in [-0.2, 0) is 0 Å². The minimum atomic E-state index is 0.0517. The van der Waals surface area contributed by atoms with Gasteiger partial charge in [0, 0.05) is 23.1 Å². The molecule has 0 radical (unpaired) electrons. The zero-order chi connectivity index (χ0) is 14.7. The van der Waals surface area contributed by atoms with Gasteiger partial charge < -0.3 is 15.4 Å². The van der Waals surface area contributed by atoms with E-state index in [1.807, 2.05) is 36.9 Å². The van der Waals surface area contributed by atoms with Crippen molar-refractivity contribution in [1.29, 1.82) is 0 Å².